The molecule has 0 aromatic carbocycles. The second kappa shape index (κ2) is 4.49. The van der Waals surface area contributed by atoms with Gasteiger partial charge in [-0.2, -0.15) is 24.4 Å². The van der Waals surface area contributed by atoms with Crippen molar-refractivity contribution in [2.24, 2.45) is 11.8 Å². The molecule has 2 heterocycles. The van der Waals surface area contributed by atoms with Crippen LogP contribution in [0.2, 0.25) is 0 Å². The van der Waals surface area contributed by atoms with E-state index in [1.54, 1.807) is 18.7 Å². The number of fused-ring (bicyclic) bond motifs is 2. The van der Waals surface area contributed by atoms with Gasteiger partial charge < -0.3 is 9.84 Å². The molecule has 0 radical (unpaired) electrons. The van der Waals surface area contributed by atoms with Gasteiger partial charge >= 0.3 is 11.9 Å². The smallest absolute Gasteiger partial charge is 0.310 e. The van der Waals surface area contributed by atoms with Gasteiger partial charge in [0.05, 0.1) is 18.4 Å². The van der Waals surface area contributed by atoms with E-state index >= 15 is 0 Å². The van der Waals surface area contributed by atoms with E-state index in [0.29, 0.717) is 6.61 Å². The van der Waals surface area contributed by atoms with Crippen molar-refractivity contribution in [1.29, 1.82) is 0 Å². The number of carbonyl (C=O) groups excluding carboxylic acids is 1. The van der Waals surface area contributed by atoms with E-state index in [-0.39, 0.29) is 21.7 Å². The third-order valence-electron chi connectivity index (χ3n) is 3.17. The third-order valence-corrected chi connectivity index (χ3v) is 5.68. The zero-order valence-corrected chi connectivity index (χ0v) is 10.5. The first-order chi connectivity index (χ1) is 7.56. The molecule has 0 saturated carbocycles. The number of ether oxygens (including phenoxy) is 1. The summed E-state index contributed by atoms with van der Waals surface area (Å²) in [5.74, 6) is -2.40. The van der Waals surface area contributed by atoms with E-state index < -0.39 is 17.8 Å². The Balaban J connectivity index is 2.18. The van der Waals surface area contributed by atoms with E-state index in [9.17, 15) is 14.7 Å². The Kier molecular flexibility index (Phi) is 3.39. The molecule has 2 saturated heterocycles. The summed E-state index contributed by atoms with van der Waals surface area (Å²) < 4.78 is 4.95. The van der Waals surface area contributed by atoms with Crippen LogP contribution < -0.4 is 0 Å². The molecule has 4 nitrogen and oxygen atoms in total. The summed E-state index contributed by atoms with van der Waals surface area (Å²) in [4.78, 5) is 22.9. The molecule has 6 heteroatoms. The first-order valence-electron chi connectivity index (χ1n) is 5.29. The van der Waals surface area contributed by atoms with Crippen LogP contribution in [0.25, 0.3) is 0 Å². The Morgan fingerprint density at radius 3 is 2.75 bits per heavy atom. The van der Waals surface area contributed by atoms with E-state index in [4.69, 9.17) is 4.74 Å². The Hall–Kier alpha value is -0.360. The largest absolute Gasteiger partial charge is 0.481 e. The van der Waals surface area contributed by atoms with Crippen LogP contribution in [-0.2, 0) is 14.3 Å². The van der Waals surface area contributed by atoms with Crippen LogP contribution in [0.4, 0.5) is 0 Å². The molecule has 16 heavy (non-hydrogen) atoms. The maximum Gasteiger partial charge on any atom is 0.310 e. The second-order valence-electron chi connectivity index (χ2n) is 4.08. The van der Waals surface area contributed by atoms with Crippen molar-refractivity contribution in [3.8, 4) is 0 Å². The van der Waals surface area contributed by atoms with Crippen LogP contribution in [0.5, 0.6) is 0 Å². The Bertz CT molecular complexity index is 320. The van der Waals surface area contributed by atoms with Crippen molar-refractivity contribution in [2.75, 3.05) is 6.61 Å². The minimum absolute atomic E-state index is 0.0553. The predicted molar refractivity (Wildman–Crippen MR) is 63.8 cm³/mol. The molecule has 2 bridgehead atoms. The van der Waals surface area contributed by atoms with Crippen molar-refractivity contribution in [3.63, 3.8) is 0 Å². The fourth-order valence-electron chi connectivity index (χ4n) is 2.54. The molecule has 2 rings (SSSR count). The van der Waals surface area contributed by atoms with Crippen LogP contribution in [0, 0.1) is 11.8 Å². The number of carboxylic acids is 1. The molecule has 2 aliphatic heterocycles. The quantitative estimate of drug-likeness (QED) is 0.588. The standard InChI is InChI=1S/C10H14O4S2/c1-2-14-10(13)6-5-3-4(15)8(16-5)7(6)9(11)12/h4-8,15H,2-3H2,1H3,(H,11,12). The van der Waals surface area contributed by atoms with Crippen LogP contribution in [-0.4, -0.2) is 39.4 Å². The number of thiol groups is 1. The maximum atomic E-state index is 11.7. The minimum Gasteiger partial charge on any atom is -0.481 e. The molecular weight excluding hydrogens is 248 g/mol. The first-order valence-corrected chi connectivity index (χ1v) is 6.75. The highest BCUT2D eigenvalue weighted by atomic mass is 32.2. The zero-order chi connectivity index (χ0) is 11.9. The summed E-state index contributed by atoms with van der Waals surface area (Å²) in [5.41, 5.74) is 0. The first kappa shape index (κ1) is 12.1. The average Bonchev–Trinajstić information content (AvgIpc) is 2.73. The number of hydrogen-bond donors (Lipinski definition) is 2. The van der Waals surface area contributed by atoms with Gasteiger partial charge in [-0.05, 0) is 13.3 Å². The summed E-state index contributed by atoms with van der Waals surface area (Å²) in [6.07, 6.45) is 0.797. The van der Waals surface area contributed by atoms with Gasteiger partial charge in [-0.25, -0.2) is 0 Å². The molecule has 5 unspecified atom stereocenters. The van der Waals surface area contributed by atoms with Gasteiger partial charge in [-0.1, -0.05) is 0 Å². The topological polar surface area (TPSA) is 63.6 Å². The number of rotatable bonds is 3. The molecule has 0 aromatic heterocycles. The van der Waals surface area contributed by atoms with Gasteiger partial charge in [-0.3, -0.25) is 9.59 Å². The summed E-state index contributed by atoms with van der Waals surface area (Å²) in [6.45, 7) is 2.03. The van der Waals surface area contributed by atoms with E-state index in [0.717, 1.165) is 6.42 Å². The monoisotopic (exact) mass is 262 g/mol. The normalized spacial score (nSPS) is 41.0. The molecule has 1 N–H and O–H groups in total. The highest BCUT2D eigenvalue weighted by molar-refractivity contribution is 8.02. The highest BCUT2D eigenvalue weighted by Gasteiger charge is 2.58. The molecule has 2 aliphatic rings. The SMILES string of the molecule is CCOC(=O)C1C2CC(S)C(S2)C1C(=O)O. The van der Waals surface area contributed by atoms with Gasteiger partial charge in [0.25, 0.3) is 0 Å². The van der Waals surface area contributed by atoms with Gasteiger partial charge in [0, 0.05) is 15.7 Å². The Labute approximate surface area is 104 Å². The predicted octanol–water partition coefficient (Wildman–Crippen LogP) is 1.05. The molecule has 0 aliphatic carbocycles. The molecule has 90 valence electrons. The summed E-state index contributed by atoms with van der Waals surface area (Å²) in [7, 11) is 0. The Morgan fingerprint density at radius 2 is 2.19 bits per heavy atom. The number of carbonyl (C=O) groups is 2. The molecule has 0 spiro atoms. The zero-order valence-electron chi connectivity index (χ0n) is 8.83. The van der Waals surface area contributed by atoms with Gasteiger partial charge in [0.2, 0.25) is 0 Å². The average molecular weight is 262 g/mol. The third kappa shape index (κ3) is 1.82. The summed E-state index contributed by atoms with van der Waals surface area (Å²) in [6, 6.07) is 0. The fraction of sp³-hybridized carbons (Fsp3) is 0.800. The van der Waals surface area contributed by atoms with E-state index in [1.807, 2.05) is 0 Å². The molecule has 5 atom stereocenters. The molecule has 0 amide bonds. The lowest BCUT2D eigenvalue weighted by Gasteiger charge is -2.28. The number of thioether (sulfide) groups is 1. The van der Waals surface area contributed by atoms with Crippen molar-refractivity contribution in [1.82, 2.24) is 0 Å². The van der Waals surface area contributed by atoms with Crippen LogP contribution in [0.15, 0.2) is 0 Å². The highest BCUT2D eigenvalue weighted by Crippen LogP contribution is 2.55. The lowest BCUT2D eigenvalue weighted by Crippen LogP contribution is -2.43. The van der Waals surface area contributed by atoms with Crippen molar-refractivity contribution in [3.05, 3.63) is 0 Å². The van der Waals surface area contributed by atoms with E-state index in [2.05, 4.69) is 12.6 Å². The van der Waals surface area contributed by atoms with Crippen molar-refractivity contribution >= 4 is 36.3 Å². The second-order valence-corrected chi connectivity index (χ2v) is 6.17. The maximum absolute atomic E-state index is 11.7. The van der Waals surface area contributed by atoms with Crippen LogP contribution in [0.3, 0.4) is 0 Å². The number of hydrogen-bond acceptors (Lipinski definition) is 5. The van der Waals surface area contributed by atoms with Crippen molar-refractivity contribution < 1.29 is 19.4 Å². The fourth-order valence-corrected chi connectivity index (χ4v) is 5.23. The summed E-state index contributed by atoms with van der Waals surface area (Å²) in [5, 5.41) is 9.28. The van der Waals surface area contributed by atoms with Crippen molar-refractivity contribution in [2.45, 2.75) is 29.1 Å². The minimum atomic E-state index is -0.906. The lowest BCUT2D eigenvalue weighted by atomic mass is 9.79. The Morgan fingerprint density at radius 1 is 1.50 bits per heavy atom. The number of esters is 1. The van der Waals surface area contributed by atoms with Gasteiger partial charge in [0.15, 0.2) is 0 Å². The van der Waals surface area contributed by atoms with Gasteiger partial charge in [-0.15, -0.1) is 0 Å². The van der Waals surface area contributed by atoms with Crippen LogP contribution in [0.1, 0.15) is 13.3 Å². The van der Waals surface area contributed by atoms with Gasteiger partial charge in [0.1, 0.15) is 0 Å². The van der Waals surface area contributed by atoms with E-state index in [1.165, 1.54) is 0 Å². The number of aliphatic carboxylic acids is 1. The summed E-state index contributed by atoms with van der Waals surface area (Å²) >= 11 is 5.96. The molecule has 0 aromatic rings. The van der Waals surface area contributed by atoms with Crippen LogP contribution >= 0.6 is 24.4 Å². The number of carboxylic acid groups (broad SMARTS) is 1. The molecule has 2 fully saturated rings. The molecular formula is C10H14O4S2. The lowest BCUT2D eigenvalue weighted by molar-refractivity contribution is -0.157.